The summed E-state index contributed by atoms with van der Waals surface area (Å²) in [7, 11) is 3.05. The SMILES string of the molecule is COC(=O)N1C=CC(=O)N(C)[C@@H]1C(C)(C)Cc1ccccc1. The molecule has 0 unspecified atom stereocenters. The fourth-order valence-corrected chi connectivity index (χ4v) is 3.03. The van der Waals surface area contributed by atoms with Gasteiger partial charge in [0.15, 0.2) is 0 Å². The number of rotatable bonds is 3. The minimum atomic E-state index is -0.471. The van der Waals surface area contributed by atoms with Crippen LogP contribution < -0.4 is 0 Å². The molecule has 1 aliphatic heterocycles. The van der Waals surface area contributed by atoms with Crippen molar-refractivity contribution in [3.05, 3.63) is 48.2 Å². The average Bonchev–Trinajstić information content (AvgIpc) is 2.49. The highest BCUT2D eigenvalue weighted by Crippen LogP contribution is 2.33. The fourth-order valence-electron chi connectivity index (χ4n) is 3.03. The van der Waals surface area contributed by atoms with Crippen molar-refractivity contribution in [2.75, 3.05) is 14.2 Å². The van der Waals surface area contributed by atoms with Gasteiger partial charge in [0.25, 0.3) is 0 Å². The predicted octanol–water partition coefficient (Wildman–Crippen LogP) is 2.64. The number of methoxy groups -OCH3 is 1. The van der Waals surface area contributed by atoms with Crippen LogP contribution in [0, 0.1) is 5.41 Å². The van der Waals surface area contributed by atoms with E-state index in [2.05, 4.69) is 0 Å². The molecule has 0 fully saturated rings. The van der Waals surface area contributed by atoms with Crippen molar-refractivity contribution in [2.24, 2.45) is 5.41 Å². The summed E-state index contributed by atoms with van der Waals surface area (Å²) in [5.74, 6) is -0.119. The van der Waals surface area contributed by atoms with E-state index in [0.717, 1.165) is 12.0 Å². The van der Waals surface area contributed by atoms with Crippen LogP contribution in [-0.2, 0) is 16.0 Å². The molecule has 0 saturated heterocycles. The Bertz CT molecular complexity index is 581. The maximum absolute atomic E-state index is 12.0. The van der Waals surface area contributed by atoms with Crippen molar-refractivity contribution in [2.45, 2.75) is 26.4 Å². The van der Waals surface area contributed by atoms with Gasteiger partial charge in [-0.1, -0.05) is 44.2 Å². The molecule has 5 heteroatoms. The van der Waals surface area contributed by atoms with Crippen LogP contribution in [0.1, 0.15) is 19.4 Å². The summed E-state index contributed by atoms with van der Waals surface area (Å²) in [5, 5.41) is 0. The summed E-state index contributed by atoms with van der Waals surface area (Å²) in [4.78, 5) is 27.1. The second kappa shape index (κ2) is 6.22. The zero-order valence-corrected chi connectivity index (χ0v) is 13.4. The van der Waals surface area contributed by atoms with Crippen LogP contribution in [0.5, 0.6) is 0 Å². The fraction of sp³-hybridized carbons (Fsp3) is 0.412. The average molecular weight is 302 g/mol. The lowest BCUT2D eigenvalue weighted by atomic mass is 9.81. The summed E-state index contributed by atoms with van der Waals surface area (Å²) in [5.41, 5.74) is 0.817. The second-order valence-corrected chi connectivity index (χ2v) is 6.17. The molecule has 0 saturated carbocycles. The molecule has 1 aromatic rings. The Morgan fingerprint density at radius 1 is 1.27 bits per heavy atom. The number of ether oxygens (including phenoxy) is 1. The molecule has 1 aliphatic rings. The lowest BCUT2D eigenvalue weighted by Crippen LogP contribution is -2.59. The van der Waals surface area contributed by atoms with E-state index in [1.807, 2.05) is 44.2 Å². The summed E-state index contributed by atoms with van der Waals surface area (Å²) < 4.78 is 4.85. The normalized spacial score (nSPS) is 18.5. The number of benzene rings is 1. The van der Waals surface area contributed by atoms with E-state index in [1.54, 1.807) is 11.9 Å². The molecule has 118 valence electrons. The third-order valence-corrected chi connectivity index (χ3v) is 3.94. The Labute approximate surface area is 131 Å². The summed E-state index contributed by atoms with van der Waals surface area (Å²) >= 11 is 0. The molecular formula is C17H22N2O3. The Hall–Kier alpha value is -2.30. The van der Waals surface area contributed by atoms with Crippen LogP contribution >= 0.6 is 0 Å². The van der Waals surface area contributed by atoms with E-state index >= 15 is 0 Å². The van der Waals surface area contributed by atoms with Gasteiger partial charge < -0.3 is 9.64 Å². The molecule has 2 amide bonds. The lowest BCUT2D eigenvalue weighted by molar-refractivity contribution is -0.135. The van der Waals surface area contributed by atoms with Crippen LogP contribution in [0.25, 0.3) is 0 Å². The maximum Gasteiger partial charge on any atom is 0.415 e. The van der Waals surface area contributed by atoms with E-state index in [0.29, 0.717) is 0 Å². The Kier molecular flexibility index (Phi) is 4.54. The van der Waals surface area contributed by atoms with Gasteiger partial charge in [-0.2, -0.15) is 0 Å². The van der Waals surface area contributed by atoms with Crippen molar-refractivity contribution in [3.63, 3.8) is 0 Å². The van der Waals surface area contributed by atoms with Gasteiger partial charge in [0.2, 0.25) is 5.91 Å². The number of hydrogen-bond donors (Lipinski definition) is 0. The first-order chi connectivity index (χ1) is 10.4. The molecule has 0 radical (unpaired) electrons. The van der Waals surface area contributed by atoms with Crippen molar-refractivity contribution < 1.29 is 14.3 Å². The van der Waals surface area contributed by atoms with E-state index in [-0.39, 0.29) is 11.3 Å². The molecule has 0 bridgehead atoms. The maximum atomic E-state index is 12.0. The van der Waals surface area contributed by atoms with E-state index in [1.165, 1.54) is 24.3 Å². The minimum Gasteiger partial charge on any atom is -0.452 e. The van der Waals surface area contributed by atoms with E-state index in [9.17, 15) is 9.59 Å². The highest BCUT2D eigenvalue weighted by molar-refractivity contribution is 5.90. The molecular weight excluding hydrogens is 280 g/mol. The lowest BCUT2D eigenvalue weighted by Gasteiger charge is -2.46. The topological polar surface area (TPSA) is 49.9 Å². The van der Waals surface area contributed by atoms with Crippen LogP contribution in [0.4, 0.5) is 4.79 Å². The standard InChI is InChI=1S/C17H22N2O3/c1-17(2,12-13-8-6-5-7-9-13)15-18(3)14(20)10-11-19(15)16(21)22-4/h5-11,15H,12H2,1-4H3/t15-/m0/s1. The third-order valence-electron chi connectivity index (χ3n) is 3.94. The van der Waals surface area contributed by atoms with Gasteiger partial charge in [-0.3, -0.25) is 9.69 Å². The van der Waals surface area contributed by atoms with Crippen molar-refractivity contribution in [1.29, 1.82) is 0 Å². The Morgan fingerprint density at radius 2 is 1.91 bits per heavy atom. The highest BCUT2D eigenvalue weighted by Gasteiger charge is 2.42. The monoisotopic (exact) mass is 302 g/mol. The van der Waals surface area contributed by atoms with Gasteiger partial charge in [0, 0.05) is 24.7 Å². The zero-order valence-electron chi connectivity index (χ0n) is 13.4. The molecule has 2 rings (SSSR count). The quantitative estimate of drug-likeness (QED) is 0.862. The molecule has 0 spiro atoms. The first-order valence-corrected chi connectivity index (χ1v) is 7.22. The van der Waals surface area contributed by atoms with E-state index in [4.69, 9.17) is 4.74 Å². The number of carbonyl (C=O) groups is 2. The first kappa shape index (κ1) is 16.1. The molecule has 1 aromatic carbocycles. The predicted molar refractivity (Wildman–Crippen MR) is 83.9 cm³/mol. The second-order valence-electron chi connectivity index (χ2n) is 6.17. The highest BCUT2D eigenvalue weighted by atomic mass is 16.5. The summed E-state index contributed by atoms with van der Waals surface area (Å²) in [6.45, 7) is 4.09. The van der Waals surface area contributed by atoms with Gasteiger partial charge in [-0.05, 0) is 12.0 Å². The van der Waals surface area contributed by atoms with Gasteiger partial charge in [0.05, 0.1) is 7.11 Å². The number of carbonyl (C=O) groups excluding carboxylic acids is 2. The van der Waals surface area contributed by atoms with Gasteiger partial charge in [-0.15, -0.1) is 0 Å². The Balaban J connectivity index is 2.33. The van der Waals surface area contributed by atoms with Crippen LogP contribution in [0.2, 0.25) is 0 Å². The molecule has 0 aromatic heterocycles. The van der Waals surface area contributed by atoms with Crippen LogP contribution in [0.15, 0.2) is 42.6 Å². The smallest absolute Gasteiger partial charge is 0.415 e. The van der Waals surface area contributed by atoms with Crippen molar-refractivity contribution in [1.82, 2.24) is 9.80 Å². The number of likely N-dealkylation sites (N-methyl/N-ethyl adjacent to an activating group) is 1. The van der Waals surface area contributed by atoms with Crippen LogP contribution in [-0.4, -0.2) is 42.1 Å². The summed E-state index contributed by atoms with van der Waals surface area (Å²) in [6, 6.07) is 10.0. The minimum absolute atomic E-state index is 0.119. The number of amides is 2. The van der Waals surface area contributed by atoms with E-state index < -0.39 is 12.3 Å². The van der Waals surface area contributed by atoms with Crippen LogP contribution in [0.3, 0.4) is 0 Å². The van der Waals surface area contributed by atoms with Crippen molar-refractivity contribution in [3.8, 4) is 0 Å². The molecule has 22 heavy (non-hydrogen) atoms. The molecule has 1 heterocycles. The number of hydrogen-bond acceptors (Lipinski definition) is 3. The Morgan fingerprint density at radius 3 is 2.50 bits per heavy atom. The summed E-state index contributed by atoms with van der Waals surface area (Å²) in [6.07, 6.45) is 2.74. The van der Waals surface area contributed by atoms with Gasteiger partial charge in [-0.25, -0.2) is 4.79 Å². The number of nitrogens with zero attached hydrogens (tertiary/aromatic N) is 2. The van der Waals surface area contributed by atoms with Crippen molar-refractivity contribution >= 4 is 12.0 Å². The molecule has 5 nitrogen and oxygen atoms in total. The molecule has 1 atom stereocenters. The molecule has 0 aliphatic carbocycles. The third kappa shape index (κ3) is 3.13. The van der Waals surface area contributed by atoms with Gasteiger partial charge >= 0.3 is 6.09 Å². The van der Waals surface area contributed by atoms with Gasteiger partial charge in [0.1, 0.15) is 6.17 Å². The largest absolute Gasteiger partial charge is 0.452 e. The first-order valence-electron chi connectivity index (χ1n) is 7.22. The zero-order chi connectivity index (χ0) is 16.3. The molecule has 0 N–H and O–H groups in total.